The van der Waals surface area contributed by atoms with E-state index in [4.69, 9.17) is 9.56 Å². The first-order chi connectivity index (χ1) is 12.1. The first kappa shape index (κ1) is 17.2. The number of rotatable bonds is 1. The molecule has 26 heavy (non-hydrogen) atoms. The Morgan fingerprint density at radius 3 is 2.00 bits per heavy atom. The molecule has 0 saturated heterocycles. The first-order valence-electron chi connectivity index (χ1n) is 8.55. The molecular formula is C19H19NO5S. The van der Waals surface area contributed by atoms with E-state index in [1.807, 2.05) is 13.8 Å². The Morgan fingerprint density at radius 2 is 1.38 bits per heavy atom. The van der Waals surface area contributed by atoms with Crippen LogP contribution in [0, 0.1) is 20.8 Å². The van der Waals surface area contributed by atoms with Crippen molar-refractivity contribution >= 4 is 21.6 Å². The fourth-order valence-corrected chi connectivity index (χ4v) is 5.05. The van der Waals surface area contributed by atoms with E-state index in [9.17, 15) is 18.0 Å². The van der Waals surface area contributed by atoms with Crippen molar-refractivity contribution in [3.8, 4) is 11.3 Å². The van der Waals surface area contributed by atoms with Gasteiger partial charge >= 0.3 is 0 Å². The molecule has 4 rings (SSSR count). The van der Waals surface area contributed by atoms with Gasteiger partial charge < -0.3 is 4.42 Å². The van der Waals surface area contributed by atoms with Crippen molar-refractivity contribution < 1.29 is 22.4 Å². The molecule has 7 heteroatoms. The van der Waals surface area contributed by atoms with Gasteiger partial charge in [0.25, 0.3) is 10.0 Å². The van der Waals surface area contributed by atoms with Gasteiger partial charge in [-0.1, -0.05) is 0 Å². The van der Waals surface area contributed by atoms with Crippen LogP contribution in [0.2, 0.25) is 0 Å². The molecule has 2 aromatic rings. The summed E-state index contributed by atoms with van der Waals surface area (Å²) in [6.07, 6.45) is 3.61. The average molecular weight is 373 g/mol. The van der Waals surface area contributed by atoms with Gasteiger partial charge in [-0.05, 0) is 68.7 Å². The molecule has 0 unspecified atom stereocenters. The van der Waals surface area contributed by atoms with E-state index in [-0.39, 0.29) is 16.9 Å². The molecule has 1 aromatic heterocycles. The maximum atomic E-state index is 13.0. The summed E-state index contributed by atoms with van der Waals surface area (Å²) in [5.41, 5.74) is 4.99. The number of primary sulfonamides is 1. The maximum Gasteiger partial charge on any atom is 0.271 e. The maximum absolute atomic E-state index is 13.0. The molecule has 2 aliphatic rings. The van der Waals surface area contributed by atoms with Crippen molar-refractivity contribution in [2.75, 3.05) is 0 Å². The molecule has 0 saturated carbocycles. The van der Waals surface area contributed by atoms with Crippen LogP contribution >= 0.6 is 0 Å². The normalized spacial score (nSPS) is 16.3. The van der Waals surface area contributed by atoms with Crippen LogP contribution in [0.15, 0.2) is 9.51 Å². The van der Waals surface area contributed by atoms with Crippen LogP contribution in [0.25, 0.3) is 11.3 Å². The summed E-state index contributed by atoms with van der Waals surface area (Å²) in [7, 11) is -4.14. The topological polar surface area (TPSA) is 107 Å². The molecule has 0 amide bonds. The van der Waals surface area contributed by atoms with Crippen LogP contribution in [-0.4, -0.2) is 20.0 Å². The van der Waals surface area contributed by atoms with Crippen LogP contribution in [0.3, 0.4) is 0 Å². The Labute approximate surface area is 151 Å². The van der Waals surface area contributed by atoms with Crippen molar-refractivity contribution in [3.63, 3.8) is 0 Å². The molecule has 1 aromatic carbocycles. The van der Waals surface area contributed by atoms with E-state index in [1.54, 1.807) is 0 Å². The molecular weight excluding hydrogens is 354 g/mol. The SMILES string of the molecule is Cc1c(C)c2c(c3c1CCCC3)C(=O)C(=O)c1c-2oc(S(N)(=O)=O)c1C. The third kappa shape index (κ3) is 2.10. The quantitative estimate of drug-likeness (QED) is 0.773. The van der Waals surface area contributed by atoms with Crippen LogP contribution in [0.4, 0.5) is 0 Å². The van der Waals surface area contributed by atoms with Crippen molar-refractivity contribution in [1.82, 2.24) is 0 Å². The standard InChI is InChI=1S/C19H19NO5S/c1-8-9(2)13-15(12-7-5-4-6-11(8)12)17(22)16(21)14-10(3)19(25-18(13)14)26(20,23)24/h4-7H2,1-3H3,(H2,20,23,24). The average Bonchev–Trinajstić information content (AvgIpc) is 2.93. The Balaban J connectivity index is 2.17. The van der Waals surface area contributed by atoms with E-state index in [2.05, 4.69) is 0 Å². The number of benzene rings is 1. The minimum atomic E-state index is -4.14. The van der Waals surface area contributed by atoms with Gasteiger partial charge in [0.05, 0.1) is 5.56 Å². The zero-order valence-electron chi connectivity index (χ0n) is 14.9. The molecule has 1 heterocycles. The number of hydrogen-bond donors (Lipinski definition) is 1. The van der Waals surface area contributed by atoms with Crippen molar-refractivity contribution in [3.05, 3.63) is 38.9 Å². The van der Waals surface area contributed by atoms with E-state index in [0.29, 0.717) is 11.1 Å². The van der Waals surface area contributed by atoms with Gasteiger partial charge in [-0.3, -0.25) is 9.59 Å². The summed E-state index contributed by atoms with van der Waals surface area (Å²) >= 11 is 0. The lowest BCUT2D eigenvalue weighted by Gasteiger charge is -2.27. The molecule has 2 N–H and O–H groups in total. The van der Waals surface area contributed by atoms with Crippen LogP contribution in [0.1, 0.15) is 61.4 Å². The summed E-state index contributed by atoms with van der Waals surface area (Å²) < 4.78 is 29.3. The highest BCUT2D eigenvalue weighted by Gasteiger charge is 2.41. The number of nitrogens with two attached hydrogens (primary N) is 1. The van der Waals surface area contributed by atoms with E-state index in [0.717, 1.165) is 47.9 Å². The Bertz CT molecular complexity index is 1120. The van der Waals surface area contributed by atoms with E-state index >= 15 is 0 Å². The third-order valence-electron chi connectivity index (χ3n) is 5.66. The Hall–Kier alpha value is -2.25. The minimum absolute atomic E-state index is 0.0183. The lowest BCUT2D eigenvalue weighted by molar-refractivity contribution is 0.0813. The zero-order chi connectivity index (χ0) is 19.0. The van der Waals surface area contributed by atoms with Crippen molar-refractivity contribution in [2.24, 2.45) is 5.14 Å². The molecule has 0 fully saturated rings. The van der Waals surface area contributed by atoms with Gasteiger partial charge in [0.15, 0.2) is 0 Å². The Morgan fingerprint density at radius 1 is 0.808 bits per heavy atom. The van der Waals surface area contributed by atoms with Gasteiger partial charge in [0, 0.05) is 16.7 Å². The highest BCUT2D eigenvalue weighted by molar-refractivity contribution is 7.89. The van der Waals surface area contributed by atoms with Gasteiger partial charge in [-0.15, -0.1) is 0 Å². The highest BCUT2D eigenvalue weighted by atomic mass is 32.2. The lowest BCUT2D eigenvalue weighted by atomic mass is 9.75. The van der Waals surface area contributed by atoms with Gasteiger partial charge in [-0.2, -0.15) is 0 Å². The van der Waals surface area contributed by atoms with Gasteiger partial charge in [0.2, 0.25) is 16.7 Å². The van der Waals surface area contributed by atoms with Gasteiger partial charge in [-0.25, -0.2) is 13.6 Å². The predicted molar refractivity (Wildman–Crippen MR) is 95.0 cm³/mol. The number of sulfonamides is 1. The molecule has 136 valence electrons. The van der Waals surface area contributed by atoms with Crippen LogP contribution < -0.4 is 5.14 Å². The summed E-state index contributed by atoms with van der Waals surface area (Å²) in [5, 5.41) is 4.78. The third-order valence-corrected chi connectivity index (χ3v) is 6.56. The Kier molecular flexibility index (Phi) is 3.55. The number of carbonyl (C=O) groups excluding carboxylic acids is 2. The second-order valence-electron chi connectivity index (χ2n) is 7.09. The molecule has 6 nitrogen and oxygen atoms in total. The van der Waals surface area contributed by atoms with Gasteiger partial charge in [0.1, 0.15) is 5.76 Å². The number of furan rings is 1. The summed E-state index contributed by atoms with van der Waals surface area (Å²) in [6, 6.07) is 0. The summed E-state index contributed by atoms with van der Waals surface area (Å²) in [6.45, 7) is 5.32. The number of fused-ring (bicyclic) bond motifs is 5. The van der Waals surface area contributed by atoms with Crippen molar-refractivity contribution in [2.45, 2.75) is 51.5 Å². The fourth-order valence-electron chi connectivity index (χ4n) is 4.32. The number of carbonyl (C=O) groups is 2. The van der Waals surface area contributed by atoms with E-state index < -0.39 is 26.7 Å². The van der Waals surface area contributed by atoms with Crippen LogP contribution in [0.5, 0.6) is 0 Å². The molecule has 0 aliphatic heterocycles. The molecule has 0 atom stereocenters. The number of Topliss-reactive ketones (excluding diaryl/α,β-unsaturated/α-hetero) is 2. The second-order valence-corrected chi connectivity index (χ2v) is 8.55. The molecule has 0 spiro atoms. The number of hydrogen-bond acceptors (Lipinski definition) is 5. The molecule has 0 bridgehead atoms. The van der Waals surface area contributed by atoms with E-state index in [1.165, 1.54) is 6.92 Å². The predicted octanol–water partition coefficient (Wildman–Crippen LogP) is 2.78. The van der Waals surface area contributed by atoms with Crippen LogP contribution in [-0.2, 0) is 22.9 Å². The summed E-state index contributed by atoms with van der Waals surface area (Å²) in [4.78, 5) is 25.7. The highest BCUT2D eigenvalue weighted by Crippen LogP contribution is 2.45. The minimum Gasteiger partial charge on any atom is -0.442 e. The monoisotopic (exact) mass is 373 g/mol. The largest absolute Gasteiger partial charge is 0.442 e. The molecule has 2 aliphatic carbocycles. The first-order valence-corrected chi connectivity index (χ1v) is 10.1. The number of ketones is 2. The lowest BCUT2D eigenvalue weighted by Crippen LogP contribution is -2.26. The molecule has 0 radical (unpaired) electrons. The van der Waals surface area contributed by atoms with Crippen molar-refractivity contribution in [1.29, 1.82) is 0 Å². The zero-order valence-corrected chi connectivity index (χ0v) is 15.7. The second kappa shape index (κ2) is 5.37. The smallest absolute Gasteiger partial charge is 0.271 e. The summed E-state index contributed by atoms with van der Waals surface area (Å²) in [5.74, 6) is -1.15. The fraction of sp³-hybridized carbons (Fsp3) is 0.368.